The van der Waals surface area contributed by atoms with Crippen molar-refractivity contribution in [2.24, 2.45) is 0 Å². The van der Waals surface area contributed by atoms with E-state index in [1.54, 1.807) is 12.1 Å². The van der Waals surface area contributed by atoms with Crippen LogP contribution in [0.3, 0.4) is 0 Å². The third kappa shape index (κ3) is 4.56. The molecule has 110 valence electrons. The van der Waals surface area contributed by atoms with Crippen molar-refractivity contribution in [3.8, 4) is 0 Å². The lowest BCUT2D eigenvalue weighted by Crippen LogP contribution is -2.07. The average Bonchev–Trinajstić information content (AvgIpc) is 2.46. The largest absolute Gasteiger partial charge is 0.461 e. The van der Waals surface area contributed by atoms with Gasteiger partial charge in [-0.15, -0.1) is 0 Å². The number of hydrogen-bond donors (Lipinski definition) is 1. The van der Waals surface area contributed by atoms with Crippen LogP contribution in [0.15, 0.2) is 42.5 Å². The monoisotopic (exact) mass is 291 g/mol. The van der Waals surface area contributed by atoms with Gasteiger partial charge in [0, 0.05) is 23.7 Å². The number of benzene rings is 2. The molecule has 0 aromatic heterocycles. The Morgan fingerprint density at radius 1 is 1.10 bits per heavy atom. The minimum absolute atomic E-state index is 0.150. The normalized spacial score (nSPS) is 10.4. The number of carbonyl (C=O) groups excluding carboxylic acids is 1. The fraction of sp³-hybridized carbons (Fsp3) is 0.188. The standard InChI is InChI=1S/C16H15F2NO2/c17-13-5-4-12(15(18)9-13)10-21-16(20)8-3-11-1-6-14(19)7-2-11/h1-2,4-7,9H,3,8,10,19H2. The van der Waals surface area contributed by atoms with Crippen molar-refractivity contribution < 1.29 is 18.3 Å². The van der Waals surface area contributed by atoms with E-state index < -0.39 is 17.6 Å². The Morgan fingerprint density at radius 3 is 2.48 bits per heavy atom. The number of halogens is 2. The number of esters is 1. The van der Waals surface area contributed by atoms with Gasteiger partial charge in [0.15, 0.2) is 0 Å². The molecular formula is C16H15F2NO2. The van der Waals surface area contributed by atoms with E-state index in [2.05, 4.69) is 0 Å². The highest BCUT2D eigenvalue weighted by molar-refractivity contribution is 5.69. The first-order valence-electron chi connectivity index (χ1n) is 6.48. The molecule has 0 aliphatic heterocycles. The van der Waals surface area contributed by atoms with Gasteiger partial charge in [0.25, 0.3) is 0 Å². The zero-order chi connectivity index (χ0) is 15.2. The summed E-state index contributed by atoms with van der Waals surface area (Å²) >= 11 is 0. The fourth-order valence-corrected chi connectivity index (χ4v) is 1.80. The average molecular weight is 291 g/mol. The van der Waals surface area contributed by atoms with E-state index in [1.807, 2.05) is 12.1 Å². The number of aryl methyl sites for hydroxylation is 1. The number of nitrogens with two attached hydrogens (primary N) is 1. The van der Waals surface area contributed by atoms with Crippen molar-refractivity contribution in [2.75, 3.05) is 5.73 Å². The summed E-state index contributed by atoms with van der Waals surface area (Å²) in [6, 6.07) is 10.3. The second-order valence-electron chi connectivity index (χ2n) is 4.64. The van der Waals surface area contributed by atoms with Crippen LogP contribution in [-0.4, -0.2) is 5.97 Å². The Balaban J connectivity index is 1.80. The molecule has 2 rings (SSSR count). The highest BCUT2D eigenvalue weighted by atomic mass is 19.1. The molecule has 0 fully saturated rings. The van der Waals surface area contributed by atoms with E-state index in [0.29, 0.717) is 12.1 Å². The molecule has 0 aliphatic rings. The topological polar surface area (TPSA) is 52.3 Å². The fourth-order valence-electron chi connectivity index (χ4n) is 1.80. The van der Waals surface area contributed by atoms with Crippen molar-refractivity contribution in [3.63, 3.8) is 0 Å². The smallest absolute Gasteiger partial charge is 0.306 e. The van der Waals surface area contributed by atoms with E-state index in [4.69, 9.17) is 10.5 Å². The number of nitrogen functional groups attached to an aromatic ring is 1. The number of rotatable bonds is 5. The third-order valence-electron chi connectivity index (χ3n) is 3.00. The zero-order valence-electron chi connectivity index (χ0n) is 11.3. The quantitative estimate of drug-likeness (QED) is 0.679. The zero-order valence-corrected chi connectivity index (χ0v) is 11.3. The van der Waals surface area contributed by atoms with E-state index in [9.17, 15) is 13.6 Å². The van der Waals surface area contributed by atoms with Crippen LogP contribution < -0.4 is 5.73 Å². The number of anilines is 1. The van der Waals surface area contributed by atoms with Gasteiger partial charge in [0.05, 0.1) is 0 Å². The second-order valence-corrected chi connectivity index (χ2v) is 4.64. The van der Waals surface area contributed by atoms with Gasteiger partial charge in [0.2, 0.25) is 0 Å². The van der Waals surface area contributed by atoms with Crippen molar-refractivity contribution in [1.82, 2.24) is 0 Å². The highest BCUT2D eigenvalue weighted by Gasteiger charge is 2.08. The van der Waals surface area contributed by atoms with Crippen LogP contribution in [0.25, 0.3) is 0 Å². The van der Waals surface area contributed by atoms with Gasteiger partial charge in [-0.1, -0.05) is 12.1 Å². The minimum Gasteiger partial charge on any atom is -0.461 e. The van der Waals surface area contributed by atoms with E-state index >= 15 is 0 Å². The predicted molar refractivity (Wildman–Crippen MR) is 75.3 cm³/mol. The first kappa shape index (κ1) is 15.0. The van der Waals surface area contributed by atoms with Crippen LogP contribution in [0.2, 0.25) is 0 Å². The molecule has 5 heteroatoms. The number of ether oxygens (including phenoxy) is 1. The van der Waals surface area contributed by atoms with Gasteiger partial charge in [-0.3, -0.25) is 4.79 Å². The third-order valence-corrected chi connectivity index (χ3v) is 3.00. The van der Waals surface area contributed by atoms with Crippen molar-refractivity contribution in [2.45, 2.75) is 19.4 Å². The molecule has 0 aliphatic carbocycles. The molecule has 0 spiro atoms. The summed E-state index contributed by atoms with van der Waals surface area (Å²) in [6.07, 6.45) is 0.706. The van der Waals surface area contributed by atoms with Crippen LogP contribution >= 0.6 is 0 Å². The number of hydrogen-bond acceptors (Lipinski definition) is 3. The molecule has 21 heavy (non-hydrogen) atoms. The molecular weight excluding hydrogens is 276 g/mol. The summed E-state index contributed by atoms with van der Waals surface area (Å²) in [6.45, 7) is -0.202. The maximum absolute atomic E-state index is 13.3. The lowest BCUT2D eigenvalue weighted by molar-refractivity contribution is -0.144. The van der Waals surface area contributed by atoms with Gasteiger partial charge in [0.1, 0.15) is 18.2 Å². The van der Waals surface area contributed by atoms with Crippen molar-refractivity contribution in [1.29, 1.82) is 0 Å². The summed E-state index contributed by atoms with van der Waals surface area (Å²) in [7, 11) is 0. The minimum atomic E-state index is -0.721. The molecule has 2 aromatic rings. The van der Waals surface area contributed by atoms with Gasteiger partial charge in [-0.25, -0.2) is 8.78 Å². The lowest BCUT2D eigenvalue weighted by Gasteiger charge is -2.06. The van der Waals surface area contributed by atoms with E-state index in [-0.39, 0.29) is 18.6 Å². The summed E-state index contributed by atoms with van der Waals surface area (Å²) in [4.78, 5) is 11.6. The van der Waals surface area contributed by atoms with Gasteiger partial charge in [-0.2, -0.15) is 0 Å². The van der Waals surface area contributed by atoms with Crippen LogP contribution in [0.1, 0.15) is 17.5 Å². The Morgan fingerprint density at radius 2 is 1.81 bits per heavy atom. The van der Waals surface area contributed by atoms with Crippen molar-refractivity contribution >= 4 is 11.7 Å². The predicted octanol–water partition coefficient (Wildman–Crippen LogP) is 3.22. The maximum atomic E-state index is 13.3. The van der Waals surface area contributed by atoms with E-state index in [1.165, 1.54) is 6.07 Å². The molecule has 3 nitrogen and oxygen atoms in total. The number of carbonyl (C=O) groups is 1. The van der Waals surface area contributed by atoms with Gasteiger partial charge < -0.3 is 10.5 Å². The molecule has 0 saturated carbocycles. The molecule has 0 heterocycles. The van der Waals surface area contributed by atoms with E-state index in [0.717, 1.165) is 17.7 Å². The van der Waals surface area contributed by atoms with Crippen LogP contribution in [0.4, 0.5) is 14.5 Å². The Kier molecular flexibility index (Phi) is 4.87. The molecule has 0 saturated heterocycles. The summed E-state index contributed by atoms with van der Waals surface area (Å²) in [5.74, 6) is -1.82. The van der Waals surface area contributed by atoms with Crippen molar-refractivity contribution in [3.05, 3.63) is 65.2 Å². The summed E-state index contributed by atoms with van der Waals surface area (Å²) in [5, 5.41) is 0. The summed E-state index contributed by atoms with van der Waals surface area (Å²) in [5.41, 5.74) is 7.34. The molecule has 0 unspecified atom stereocenters. The molecule has 0 atom stereocenters. The van der Waals surface area contributed by atoms with Crippen LogP contribution in [-0.2, 0) is 22.6 Å². The Hall–Kier alpha value is -2.43. The SMILES string of the molecule is Nc1ccc(CCC(=O)OCc2ccc(F)cc2F)cc1. The molecule has 0 amide bonds. The first-order chi connectivity index (χ1) is 10.0. The molecule has 2 N–H and O–H groups in total. The Bertz CT molecular complexity index is 627. The molecule has 0 bridgehead atoms. The van der Waals surface area contributed by atoms with Gasteiger partial charge >= 0.3 is 5.97 Å². The second kappa shape index (κ2) is 6.83. The maximum Gasteiger partial charge on any atom is 0.306 e. The Labute approximate surface area is 121 Å². The van der Waals surface area contributed by atoms with Crippen LogP contribution in [0, 0.1) is 11.6 Å². The summed E-state index contributed by atoms with van der Waals surface area (Å²) < 4.78 is 31.0. The first-order valence-corrected chi connectivity index (χ1v) is 6.48. The molecule has 2 aromatic carbocycles. The van der Waals surface area contributed by atoms with Gasteiger partial charge in [-0.05, 0) is 36.2 Å². The lowest BCUT2D eigenvalue weighted by atomic mass is 10.1. The molecule has 0 radical (unpaired) electrons. The highest BCUT2D eigenvalue weighted by Crippen LogP contribution is 2.12. The van der Waals surface area contributed by atoms with Crippen LogP contribution in [0.5, 0.6) is 0 Å².